The highest BCUT2D eigenvalue weighted by atomic mass is 35.5. The Bertz CT molecular complexity index is 574. The molecule has 3 unspecified atom stereocenters. The number of imide groups is 1. The van der Waals surface area contributed by atoms with E-state index in [2.05, 4.69) is 12.2 Å². The molecule has 3 rings (SSSR count). The maximum Gasteiger partial charge on any atom is 0.234 e. The summed E-state index contributed by atoms with van der Waals surface area (Å²) in [7, 11) is 0. The first-order valence-electron chi connectivity index (χ1n) is 7.24. The van der Waals surface area contributed by atoms with E-state index < -0.39 is 0 Å². The molecule has 2 saturated heterocycles. The van der Waals surface area contributed by atoms with Crippen LogP contribution in [0.5, 0.6) is 0 Å². The van der Waals surface area contributed by atoms with Crippen molar-refractivity contribution < 1.29 is 9.59 Å². The van der Waals surface area contributed by atoms with E-state index >= 15 is 0 Å². The average molecular weight is 324 g/mol. The second-order valence-corrected chi connectivity index (χ2v) is 7.81. The summed E-state index contributed by atoms with van der Waals surface area (Å²) < 4.78 is 0. The Hall–Kier alpha value is -1.00. The third-order valence-electron chi connectivity index (χ3n) is 4.76. The molecule has 0 bridgehead atoms. The lowest BCUT2D eigenvalue weighted by Crippen LogP contribution is -2.55. The average Bonchev–Trinajstić information content (AvgIpc) is 2.43. The van der Waals surface area contributed by atoms with Gasteiger partial charge in [-0.25, -0.2) is 0 Å². The van der Waals surface area contributed by atoms with Crippen LogP contribution in [-0.4, -0.2) is 22.8 Å². The highest BCUT2D eigenvalue weighted by molar-refractivity contribution is 7.99. The van der Waals surface area contributed by atoms with Crippen molar-refractivity contribution in [2.24, 2.45) is 5.41 Å². The van der Waals surface area contributed by atoms with Crippen LogP contribution in [0.25, 0.3) is 0 Å². The van der Waals surface area contributed by atoms with Crippen molar-refractivity contribution >= 4 is 35.2 Å². The van der Waals surface area contributed by atoms with Crippen molar-refractivity contribution in [3.05, 3.63) is 34.9 Å². The summed E-state index contributed by atoms with van der Waals surface area (Å²) in [6, 6.07) is 7.45. The molecule has 21 heavy (non-hydrogen) atoms. The smallest absolute Gasteiger partial charge is 0.234 e. The van der Waals surface area contributed by atoms with Crippen LogP contribution in [0.3, 0.4) is 0 Å². The molecule has 2 amide bonds. The third-order valence-corrected chi connectivity index (χ3v) is 6.50. The van der Waals surface area contributed by atoms with Gasteiger partial charge in [-0.05, 0) is 36.3 Å². The van der Waals surface area contributed by atoms with Crippen molar-refractivity contribution in [3.63, 3.8) is 0 Å². The predicted molar refractivity (Wildman–Crippen MR) is 85.5 cm³/mol. The van der Waals surface area contributed by atoms with Crippen LogP contribution in [0.15, 0.2) is 24.3 Å². The zero-order chi connectivity index (χ0) is 15.0. The number of thioether (sulfide) groups is 1. The van der Waals surface area contributed by atoms with Gasteiger partial charge in [0.15, 0.2) is 0 Å². The Balaban J connectivity index is 2.06. The van der Waals surface area contributed by atoms with Crippen molar-refractivity contribution in [2.45, 2.75) is 37.4 Å². The minimum atomic E-state index is -0.268. The number of hydrogen-bond acceptors (Lipinski definition) is 3. The zero-order valence-electron chi connectivity index (χ0n) is 11.9. The molecular formula is C16H18ClNO2S. The van der Waals surface area contributed by atoms with Crippen LogP contribution in [0, 0.1) is 5.41 Å². The van der Waals surface area contributed by atoms with Gasteiger partial charge in [-0.3, -0.25) is 14.9 Å². The summed E-state index contributed by atoms with van der Waals surface area (Å²) >= 11 is 7.83. The number of amides is 2. The lowest BCUT2D eigenvalue weighted by molar-refractivity contribution is -0.140. The van der Waals surface area contributed by atoms with Gasteiger partial charge in [-0.15, -0.1) is 0 Å². The Kier molecular flexibility index (Phi) is 4.02. The molecule has 112 valence electrons. The molecule has 2 heterocycles. The van der Waals surface area contributed by atoms with E-state index in [0.717, 1.165) is 24.2 Å². The summed E-state index contributed by atoms with van der Waals surface area (Å²) in [4.78, 5) is 24.5. The number of carbonyl (C=O) groups is 2. The zero-order valence-corrected chi connectivity index (χ0v) is 13.5. The quantitative estimate of drug-likeness (QED) is 0.806. The van der Waals surface area contributed by atoms with Crippen LogP contribution in [0.4, 0.5) is 0 Å². The lowest BCUT2D eigenvalue weighted by atomic mass is 9.63. The monoisotopic (exact) mass is 323 g/mol. The van der Waals surface area contributed by atoms with E-state index in [1.165, 1.54) is 0 Å². The van der Waals surface area contributed by atoms with E-state index in [0.29, 0.717) is 16.7 Å². The maximum absolute atomic E-state index is 12.5. The van der Waals surface area contributed by atoms with Gasteiger partial charge < -0.3 is 0 Å². The fraction of sp³-hybridized carbons (Fsp3) is 0.500. The summed E-state index contributed by atoms with van der Waals surface area (Å²) in [6.07, 6.45) is 2.41. The number of nitrogens with one attached hydrogen (secondary N) is 1. The van der Waals surface area contributed by atoms with Gasteiger partial charge in [0, 0.05) is 22.1 Å². The highest BCUT2D eigenvalue weighted by Gasteiger charge is 2.53. The van der Waals surface area contributed by atoms with Gasteiger partial charge in [0.25, 0.3) is 0 Å². The number of halogens is 1. The Morgan fingerprint density at radius 1 is 1.29 bits per heavy atom. The molecule has 2 fully saturated rings. The number of piperidine rings is 1. The van der Waals surface area contributed by atoms with E-state index in [9.17, 15) is 9.59 Å². The first-order valence-corrected chi connectivity index (χ1v) is 8.66. The molecule has 2 aliphatic heterocycles. The molecule has 0 aromatic heterocycles. The van der Waals surface area contributed by atoms with Crippen molar-refractivity contribution in [3.8, 4) is 0 Å². The molecule has 5 heteroatoms. The molecule has 1 aromatic carbocycles. The minimum Gasteiger partial charge on any atom is -0.296 e. The van der Waals surface area contributed by atoms with Gasteiger partial charge >= 0.3 is 0 Å². The van der Waals surface area contributed by atoms with Gasteiger partial charge in [0.1, 0.15) is 0 Å². The molecule has 1 aromatic rings. The largest absolute Gasteiger partial charge is 0.296 e. The Morgan fingerprint density at radius 2 is 2.00 bits per heavy atom. The fourth-order valence-corrected chi connectivity index (χ4v) is 5.16. The normalized spacial score (nSPS) is 33.0. The third kappa shape index (κ3) is 2.59. The van der Waals surface area contributed by atoms with Crippen LogP contribution < -0.4 is 5.32 Å². The van der Waals surface area contributed by atoms with Crippen molar-refractivity contribution in [1.82, 2.24) is 5.32 Å². The molecule has 0 saturated carbocycles. The molecular weight excluding hydrogens is 306 g/mol. The SMILES string of the molecule is CC1SCCCC12CC(=O)NC(=O)C2c1ccc(Cl)cc1. The second kappa shape index (κ2) is 5.65. The van der Waals surface area contributed by atoms with Crippen molar-refractivity contribution in [1.29, 1.82) is 0 Å². The number of benzene rings is 1. The maximum atomic E-state index is 12.5. The molecule has 3 nitrogen and oxygen atoms in total. The molecule has 1 spiro atoms. The first kappa shape index (κ1) is 14.9. The summed E-state index contributed by atoms with van der Waals surface area (Å²) in [5.41, 5.74) is 0.689. The van der Waals surface area contributed by atoms with E-state index in [-0.39, 0.29) is 23.1 Å². The van der Waals surface area contributed by atoms with Gasteiger partial charge in [0.05, 0.1) is 5.92 Å². The number of rotatable bonds is 1. The van der Waals surface area contributed by atoms with E-state index in [1.807, 2.05) is 36.0 Å². The number of carbonyl (C=O) groups excluding carboxylic acids is 2. The van der Waals surface area contributed by atoms with E-state index in [1.54, 1.807) is 0 Å². The highest BCUT2D eigenvalue weighted by Crippen LogP contribution is 2.54. The van der Waals surface area contributed by atoms with Crippen molar-refractivity contribution in [2.75, 3.05) is 5.75 Å². The lowest BCUT2D eigenvalue weighted by Gasteiger charge is -2.49. The van der Waals surface area contributed by atoms with Crippen LogP contribution in [-0.2, 0) is 9.59 Å². The predicted octanol–water partition coefficient (Wildman–Crippen LogP) is 3.37. The molecule has 3 atom stereocenters. The topological polar surface area (TPSA) is 46.2 Å². The molecule has 1 N–H and O–H groups in total. The summed E-state index contributed by atoms with van der Waals surface area (Å²) in [5.74, 6) is 0.532. The van der Waals surface area contributed by atoms with E-state index in [4.69, 9.17) is 11.6 Å². The van der Waals surface area contributed by atoms with Gasteiger partial charge in [0.2, 0.25) is 11.8 Å². The van der Waals surface area contributed by atoms with Crippen LogP contribution >= 0.6 is 23.4 Å². The number of hydrogen-bond donors (Lipinski definition) is 1. The standard InChI is InChI=1S/C16H18ClNO2S/c1-10-16(7-2-8-21-10)9-13(19)18-15(20)14(16)11-3-5-12(17)6-4-11/h3-6,10,14H,2,7-9H2,1H3,(H,18,19,20). The molecule has 2 aliphatic rings. The molecule has 0 aliphatic carbocycles. The van der Waals surface area contributed by atoms with Crippen LogP contribution in [0.2, 0.25) is 5.02 Å². The van der Waals surface area contributed by atoms with Crippen LogP contribution in [0.1, 0.15) is 37.7 Å². The minimum absolute atomic E-state index is 0.139. The summed E-state index contributed by atoms with van der Waals surface area (Å²) in [5, 5.41) is 3.47. The van der Waals surface area contributed by atoms with Gasteiger partial charge in [-0.1, -0.05) is 30.7 Å². The van der Waals surface area contributed by atoms with Gasteiger partial charge in [-0.2, -0.15) is 11.8 Å². The fourth-order valence-electron chi connectivity index (χ4n) is 3.70. The summed E-state index contributed by atoms with van der Waals surface area (Å²) in [6.45, 7) is 2.15. The Morgan fingerprint density at radius 3 is 2.67 bits per heavy atom. The molecule has 0 radical (unpaired) electrons. The first-order chi connectivity index (χ1) is 10.0. The second-order valence-electron chi connectivity index (χ2n) is 5.92. The Labute approximate surface area is 133 Å².